The SMILES string of the molecule is NCCc1nc2ccccc2n1-c1nccs1. The molecule has 3 rings (SSSR count). The summed E-state index contributed by atoms with van der Waals surface area (Å²) in [6.45, 7) is 0.592. The lowest BCUT2D eigenvalue weighted by Crippen LogP contribution is -2.08. The Balaban J connectivity index is 2.28. The van der Waals surface area contributed by atoms with Crippen LogP contribution in [0.2, 0.25) is 0 Å². The van der Waals surface area contributed by atoms with Crippen LogP contribution in [-0.2, 0) is 6.42 Å². The second-order valence-electron chi connectivity index (χ2n) is 3.71. The molecule has 1 aromatic carbocycles. The van der Waals surface area contributed by atoms with E-state index in [9.17, 15) is 0 Å². The zero-order valence-electron chi connectivity index (χ0n) is 9.21. The number of hydrogen-bond donors (Lipinski definition) is 1. The maximum absolute atomic E-state index is 5.63. The van der Waals surface area contributed by atoms with Crippen molar-refractivity contribution in [1.82, 2.24) is 14.5 Å². The molecule has 86 valence electrons. The van der Waals surface area contributed by atoms with E-state index in [2.05, 4.69) is 20.6 Å². The Morgan fingerprint density at radius 3 is 2.94 bits per heavy atom. The predicted molar refractivity (Wildman–Crippen MR) is 69.5 cm³/mol. The zero-order valence-corrected chi connectivity index (χ0v) is 10.0. The Bertz CT molecular complexity index is 627. The van der Waals surface area contributed by atoms with Crippen molar-refractivity contribution < 1.29 is 0 Å². The number of nitrogens with zero attached hydrogens (tertiary/aromatic N) is 3. The largest absolute Gasteiger partial charge is 0.330 e. The number of fused-ring (bicyclic) bond motifs is 1. The van der Waals surface area contributed by atoms with Gasteiger partial charge in [0, 0.05) is 18.0 Å². The van der Waals surface area contributed by atoms with Crippen LogP contribution in [0, 0.1) is 0 Å². The molecule has 17 heavy (non-hydrogen) atoms. The van der Waals surface area contributed by atoms with Crippen LogP contribution < -0.4 is 5.73 Å². The Kier molecular flexibility index (Phi) is 2.62. The minimum absolute atomic E-state index is 0.592. The molecule has 2 aromatic heterocycles. The van der Waals surface area contributed by atoms with Crippen molar-refractivity contribution >= 4 is 22.4 Å². The van der Waals surface area contributed by atoms with Crippen LogP contribution in [-0.4, -0.2) is 21.1 Å². The number of para-hydroxylation sites is 2. The number of aromatic nitrogens is 3. The second-order valence-corrected chi connectivity index (χ2v) is 4.58. The highest BCUT2D eigenvalue weighted by Gasteiger charge is 2.12. The maximum Gasteiger partial charge on any atom is 0.195 e. The molecule has 0 aliphatic heterocycles. The van der Waals surface area contributed by atoms with Crippen molar-refractivity contribution in [2.45, 2.75) is 6.42 Å². The summed E-state index contributed by atoms with van der Waals surface area (Å²) in [6, 6.07) is 8.08. The normalized spacial score (nSPS) is 11.1. The van der Waals surface area contributed by atoms with Gasteiger partial charge in [0.2, 0.25) is 0 Å². The fourth-order valence-corrected chi connectivity index (χ4v) is 2.59. The quantitative estimate of drug-likeness (QED) is 0.766. The molecule has 0 spiro atoms. The summed E-state index contributed by atoms with van der Waals surface area (Å²) in [5, 5.41) is 2.92. The molecule has 0 saturated carbocycles. The van der Waals surface area contributed by atoms with E-state index in [1.807, 2.05) is 23.6 Å². The van der Waals surface area contributed by atoms with Gasteiger partial charge in [-0.1, -0.05) is 12.1 Å². The molecule has 0 aliphatic rings. The highest BCUT2D eigenvalue weighted by Crippen LogP contribution is 2.22. The standard InChI is InChI=1S/C12H12N4S/c13-6-5-11-15-9-3-1-2-4-10(9)16(11)12-14-7-8-17-12/h1-4,7-8H,5-6,13H2. The molecule has 2 heterocycles. The van der Waals surface area contributed by atoms with Gasteiger partial charge >= 0.3 is 0 Å². The number of imidazole rings is 1. The van der Waals surface area contributed by atoms with Crippen molar-refractivity contribution in [3.8, 4) is 5.13 Å². The first-order valence-electron chi connectivity index (χ1n) is 5.46. The molecule has 0 aliphatic carbocycles. The summed E-state index contributed by atoms with van der Waals surface area (Å²) >= 11 is 1.61. The monoisotopic (exact) mass is 244 g/mol. The first-order chi connectivity index (χ1) is 8.40. The molecule has 0 atom stereocenters. The molecule has 3 aromatic rings. The summed E-state index contributed by atoms with van der Waals surface area (Å²) in [5.74, 6) is 0.976. The van der Waals surface area contributed by atoms with Gasteiger partial charge in [-0.3, -0.25) is 4.57 Å². The third kappa shape index (κ3) is 1.73. The Labute approximate surface area is 103 Å². The molecule has 0 amide bonds. The average Bonchev–Trinajstić information content (AvgIpc) is 2.94. The third-order valence-corrected chi connectivity index (χ3v) is 3.37. The van der Waals surface area contributed by atoms with Gasteiger partial charge in [-0.2, -0.15) is 0 Å². The molecule has 0 fully saturated rings. The van der Waals surface area contributed by atoms with E-state index in [-0.39, 0.29) is 0 Å². The van der Waals surface area contributed by atoms with Crippen molar-refractivity contribution in [3.05, 3.63) is 41.7 Å². The lowest BCUT2D eigenvalue weighted by atomic mass is 10.3. The first kappa shape index (κ1) is 10.4. The third-order valence-electron chi connectivity index (χ3n) is 2.61. The summed E-state index contributed by atoms with van der Waals surface area (Å²) in [4.78, 5) is 8.96. The number of rotatable bonds is 3. The van der Waals surface area contributed by atoms with E-state index in [0.717, 1.165) is 28.4 Å². The van der Waals surface area contributed by atoms with Crippen LogP contribution in [0.25, 0.3) is 16.2 Å². The summed E-state index contributed by atoms with van der Waals surface area (Å²) in [6.07, 6.45) is 2.56. The van der Waals surface area contributed by atoms with Crippen LogP contribution >= 0.6 is 11.3 Å². The van der Waals surface area contributed by atoms with Gasteiger partial charge in [-0.25, -0.2) is 9.97 Å². The predicted octanol–water partition coefficient (Wildman–Crippen LogP) is 1.98. The fraction of sp³-hybridized carbons (Fsp3) is 0.167. The zero-order chi connectivity index (χ0) is 11.7. The molecule has 0 unspecified atom stereocenters. The number of nitrogens with two attached hydrogens (primary N) is 1. The van der Waals surface area contributed by atoms with Crippen LogP contribution in [0.3, 0.4) is 0 Å². The van der Waals surface area contributed by atoms with Gasteiger partial charge < -0.3 is 5.73 Å². The van der Waals surface area contributed by atoms with Gasteiger partial charge in [0.1, 0.15) is 5.82 Å². The average molecular weight is 244 g/mol. The smallest absolute Gasteiger partial charge is 0.195 e. The van der Waals surface area contributed by atoms with Gasteiger partial charge in [0.25, 0.3) is 0 Å². The van der Waals surface area contributed by atoms with Crippen molar-refractivity contribution in [2.75, 3.05) is 6.54 Å². The van der Waals surface area contributed by atoms with Crippen LogP contribution in [0.15, 0.2) is 35.8 Å². The fourth-order valence-electron chi connectivity index (χ4n) is 1.91. The summed E-state index contributed by atoms with van der Waals surface area (Å²) in [7, 11) is 0. The van der Waals surface area contributed by atoms with E-state index < -0.39 is 0 Å². The Morgan fingerprint density at radius 1 is 1.29 bits per heavy atom. The molecular weight excluding hydrogens is 232 g/mol. The molecule has 5 heteroatoms. The van der Waals surface area contributed by atoms with Crippen molar-refractivity contribution in [3.63, 3.8) is 0 Å². The molecule has 0 bridgehead atoms. The van der Waals surface area contributed by atoms with Crippen LogP contribution in [0.5, 0.6) is 0 Å². The number of benzene rings is 1. The molecule has 2 N–H and O–H groups in total. The van der Waals surface area contributed by atoms with E-state index in [1.54, 1.807) is 17.5 Å². The minimum atomic E-state index is 0.592. The van der Waals surface area contributed by atoms with Gasteiger partial charge in [-0.15, -0.1) is 11.3 Å². The maximum atomic E-state index is 5.63. The van der Waals surface area contributed by atoms with Gasteiger partial charge in [-0.05, 0) is 18.7 Å². The molecule has 0 radical (unpaired) electrons. The summed E-state index contributed by atoms with van der Waals surface area (Å²) < 4.78 is 2.09. The van der Waals surface area contributed by atoms with E-state index >= 15 is 0 Å². The van der Waals surface area contributed by atoms with Crippen LogP contribution in [0.4, 0.5) is 0 Å². The lowest BCUT2D eigenvalue weighted by molar-refractivity contribution is 0.844. The van der Waals surface area contributed by atoms with Gasteiger partial charge in [0.05, 0.1) is 11.0 Å². The number of thiazole rings is 1. The highest BCUT2D eigenvalue weighted by molar-refractivity contribution is 7.12. The van der Waals surface area contributed by atoms with Crippen LogP contribution in [0.1, 0.15) is 5.82 Å². The Hall–Kier alpha value is -1.72. The summed E-state index contributed by atoms with van der Waals surface area (Å²) in [5.41, 5.74) is 7.71. The number of hydrogen-bond acceptors (Lipinski definition) is 4. The van der Waals surface area contributed by atoms with Gasteiger partial charge in [0.15, 0.2) is 5.13 Å². The minimum Gasteiger partial charge on any atom is -0.330 e. The van der Waals surface area contributed by atoms with E-state index in [0.29, 0.717) is 6.54 Å². The first-order valence-corrected chi connectivity index (χ1v) is 6.34. The highest BCUT2D eigenvalue weighted by atomic mass is 32.1. The molecule has 0 saturated heterocycles. The van der Waals surface area contributed by atoms with E-state index in [4.69, 9.17) is 5.73 Å². The topological polar surface area (TPSA) is 56.7 Å². The molecule has 4 nitrogen and oxygen atoms in total. The lowest BCUT2D eigenvalue weighted by Gasteiger charge is -2.03. The van der Waals surface area contributed by atoms with Crippen molar-refractivity contribution in [1.29, 1.82) is 0 Å². The Morgan fingerprint density at radius 2 is 2.18 bits per heavy atom. The van der Waals surface area contributed by atoms with E-state index in [1.165, 1.54) is 0 Å². The second kappa shape index (κ2) is 4.27. The van der Waals surface area contributed by atoms with Crippen molar-refractivity contribution in [2.24, 2.45) is 5.73 Å². The molecular formula is C12H12N4S.